The van der Waals surface area contributed by atoms with Crippen LogP contribution in [0.5, 0.6) is 0 Å². The molecule has 20 heavy (non-hydrogen) atoms. The molecule has 0 aliphatic carbocycles. The van der Waals surface area contributed by atoms with Gasteiger partial charge in [0.05, 0.1) is 0 Å². The first-order valence-electron chi connectivity index (χ1n) is 6.63. The van der Waals surface area contributed by atoms with E-state index in [0.29, 0.717) is 0 Å². The van der Waals surface area contributed by atoms with E-state index in [9.17, 15) is 0 Å². The molecule has 2 heteroatoms. The second kappa shape index (κ2) is 3.62. The van der Waals surface area contributed by atoms with E-state index in [1.807, 2.05) is 23.5 Å². The standard InChI is InChI=1S/C18H10OS/c1-3-7-13-11(5-1)17-14(19-13)9-10-16-18(17)12-6-2-4-8-15(12)20-16/h1-10H. The third-order valence-corrected chi connectivity index (χ3v) is 5.02. The van der Waals surface area contributed by atoms with Gasteiger partial charge in [-0.05, 0) is 24.3 Å². The average molecular weight is 274 g/mol. The molecule has 0 fully saturated rings. The van der Waals surface area contributed by atoms with Crippen LogP contribution in [0.2, 0.25) is 0 Å². The summed E-state index contributed by atoms with van der Waals surface area (Å²) in [7, 11) is 0. The van der Waals surface area contributed by atoms with Crippen LogP contribution in [0, 0.1) is 0 Å². The topological polar surface area (TPSA) is 13.1 Å². The fourth-order valence-electron chi connectivity index (χ4n) is 3.03. The van der Waals surface area contributed by atoms with Crippen LogP contribution in [0.15, 0.2) is 65.1 Å². The molecule has 5 rings (SSSR count). The molecule has 0 aliphatic rings. The van der Waals surface area contributed by atoms with Gasteiger partial charge in [0.2, 0.25) is 0 Å². The zero-order valence-electron chi connectivity index (χ0n) is 10.6. The molecule has 0 N–H and O–H groups in total. The molecule has 0 unspecified atom stereocenters. The first-order valence-corrected chi connectivity index (χ1v) is 7.45. The van der Waals surface area contributed by atoms with Crippen LogP contribution in [-0.2, 0) is 0 Å². The number of hydrogen-bond donors (Lipinski definition) is 0. The molecular weight excluding hydrogens is 264 g/mol. The summed E-state index contributed by atoms with van der Waals surface area (Å²) in [5.74, 6) is 0. The number of thiophene rings is 1. The second-order valence-electron chi connectivity index (χ2n) is 5.01. The minimum atomic E-state index is 0.963. The lowest BCUT2D eigenvalue weighted by Crippen LogP contribution is -1.70. The van der Waals surface area contributed by atoms with Crippen molar-refractivity contribution in [1.82, 2.24) is 0 Å². The lowest BCUT2D eigenvalue weighted by Gasteiger charge is -1.94. The quantitative estimate of drug-likeness (QED) is 0.340. The van der Waals surface area contributed by atoms with Gasteiger partial charge in [0.15, 0.2) is 0 Å². The van der Waals surface area contributed by atoms with Gasteiger partial charge in [0.25, 0.3) is 0 Å². The first kappa shape index (κ1) is 10.5. The number of furan rings is 1. The zero-order chi connectivity index (χ0) is 13.1. The molecular formula is C18H10OS. The van der Waals surface area contributed by atoms with E-state index in [1.165, 1.54) is 30.9 Å². The number of para-hydroxylation sites is 1. The molecule has 0 radical (unpaired) electrons. The van der Waals surface area contributed by atoms with Crippen LogP contribution in [0.3, 0.4) is 0 Å². The molecule has 0 saturated carbocycles. The molecule has 2 heterocycles. The van der Waals surface area contributed by atoms with Crippen molar-refractivity contribution in [1.29, 1.82) is 0 Å². The van der Waals surface area contributed by atoms with Gasteiger partial charge in [-0.1, -0.05) is 36.4 Å². The third kappa shape index (κ3) is 1.22. The van der Waals surface area contributed by atoms with E-state index in [1.54, 1.807) is 0 Å². The van der Waals surface area contributed by atoms with E-state index in [4.69, 9.17) is 4.42 Å². The van der Waals surface area contributed by atoms with Gasteiger partial charge in [-0.2, -0.15) is 0 Å². The lowest BCUT2D eigenvalue weighted by molar-refractivity contribution is 0.669. The fraction of sp³-hybridized carbons (Fsp3) is 0. The molecule has 0 bridgehead atoms. The van der Waals surface area contributed by atoms with Crippen molar-refractivity contribution in [2.24, 2.45) is 0 Å². The van der Waals surface area contributed by atoms with E-state index < -0.39 is 0 Å². The van der Waals surface area contributed by atoms with Crippen molar-refractivity contribution in [3.8, 4) is 0 Å². The van der Waals surface area contributed by atoms with Gasteiger partial charge in [-0.25, -0.2) is 0 Å². The summed E-state index contributed by atoms with van der Waals surface area (Å²) in [5, 5.41) is 5.10. The van der Waals surface area contributed by atoms with Crippen LogP contribution in [0.1, 0.15) is 0 Å². The van der Waals surface area contributed by atoms with Crippen molar-refractivity contribution in [2.75, 3.05) is 0 Å². The Morgan fingerprint density at radius 3 is 2.35 bits per heavy atom. The SMILES string of the molecule is c1ccc2c(c1)oc1ccc3sc4ccccc4c3c12. The Labute approximate surface area is 119 Å². The van der Waals surface area contributed by atoms with Gasteiger partial charge in [-0.15, -0.1) is 11.3 Å². The van der Waals surface area contributed by atoms with Crippen molar-refractivity contribution >= 4 is 53.4 Å². The zero-order valence-corrected chi connectivity index (χ0v) is 11.4. The number of fused-ring (bicyclic) bond motifs is 7. The number of benzene rings is 3. The van der Waals surface area contributed by atoms with Gasteiger partial charge in [0, 0.05) is 30.9 Å². The summed E-state index contributed by atoms with van der Waals surface area (Å²) in [6, 6.07) is 21.1. The first-order chi connectivity index (χ1) is 9.92. The molecule has 0 spiro atoms. The number of rotatable bonds is 0. The Morgan fingerprint density at radius 2 is 1.40 bits per heavy atom. The highest BCUT2D eigenvalue weighted by atomic mass is 32.1. The highest BCUT2D eigenvalue weighted by Crippen LogP contribution is 2.41. The van der Waals surface area contributed by atoms with Crippen molar-refractivity contribution in [3.05, 3.63) is 60.7 Å². The Bertz CT molecular complexity index is 1010. The molecule has 94 valence electrons. The summed E-state index contributed by atoms with van der Waals surface area (Å²) in [5.41, 5.74) is 1.94. The van der Waals surface area contributed by atoms with Crippen LogP contribution in [0.25, 0.3) is 42.1 Å². The van der Waals surface area contributed by atoms with Gasteiger partial charge in [0.1, 0.15) is 11.2 Å². The maximum absolute atomic E-state index is 5.98. The van der Waals surface area contributed by atoms with Crippen LogP contribution >= 0.6 is 11.3 Å². The highest BCUT2D eigenvalue weighted by molar-refractivity contribution is 7.26. The lowest BCUT2D eigenvalue weighted by atomic mass is 10.1. The summed E-state index contributed by atoms with van der Waals surface area (Å²) < 4.78 is 8.64. The molecule has 3 aromatic carbocycles. The molecule has 0 amide bonds. The van der Waals surface area contributed by atoms with E-state index in [0.717, 1.165) is 11.2 Å². The molecule has 0 atom stereocenters. The predicted octanol–water partition coefficient (Wildman–Crippen LogP) is 5.95. The maximum Gasteiger partial charge on any atom is 0.136 e. The average Bonchev–Trinajstić information content (AvgIpc) is 3.04. The van der Waals surface area contributed by atoms with E-state index >= 15 is 0 Å². The fourth-order valence-corrected chi connectivity index (χ4v) is 4.14. The summed E-state index contributed by atoms with van der Waals surface area (Å²) in [6.07, 6.45) is 0. The Kier molecular flexibility index (Phi) is 1.89. The Hall–Kier alpha value is -2.32. The van der Waals surface area contributed by atoms with Crippen LogP contribution < -0.4 is 0 Å². The Morgan fingerprint density at radius 1 is 0.600 bits per heavy atom. The van der Waals surface area contributed by atoms with Gasteiger partial charge in [-0.3, -0.25) is 0 Å². The van der Waals surface area contributed by atoms with Crippen molar-refractivity contribution in [2.45, 2.75) is 0 Å². The third-order valence-electron chi connectivity index (χ3n) is 3.88. The monoisotopic (exact) mass is 274 g/mol. The Balaban J connectivity index is 2.19. The van der Waals surface area contributed by atoms with Gasteiger partial charge >= 0.3 is 0 Å². The molecule has 0 saturated heterocycles. The molecule has 2 aromatic heterocycles. The summed E-state index contributed by atoms with van der Waals surface area (Å²) in [4.78, 5) is 0. The van der Waals surface area contributed by atoms with Crippen molar-refractivity contribution < 1.29 is 4.42 Å². The highest BCUT2D eigenvalue weighted by Gasteiger charge is 2.13. The van der Waals surface area contributed by atoms with E-state index in [-0.39, 0.29) is 0 Å². The van der Waals surface area contributed by atoms with Crippen LogP contribution in [-0.4, -0.2) is 0 Å². The van der Waals surface area contributed by atoms with Crippen molar-refractivity contribution in [3.63, 3.8) is 0 Å². The molecule has 0 aliphatic heterocycles. The normalized spacial score (nSPS) is 12.0. The summed E-state index contributed by atoms with van der Waals surface area (Å²) in [6.45, 7) is 0. The molecule has 5 aromatic rings. The summed E-state index contributed by atoms with van der Waals surface area (Å²) >= 11 is 1.85. The number of hydrogen-bond acceptors (Lipinski definition) is 2. The van der Waals surface area contributed by atoms with E-state index in [2.05, 4.69) is 48.5 Å². The minimum absolute atomic E-state index is 0.963. The molecule has 1 nitrogen and oxygen atoms in total. The maximum atomic E-state index is 5.98. The van der Waals surface area contributed by atoms with Crippen LogP contribution in [0.4, 0.5) is 0 Å². The smallest absolute Gasteiger partial charge is 0.136 e. The largest absolute Gasteiger partial charge is 0.456 e. The second-order valence-corrected chi connectivity index (χ2v) is 6.09. The predicted molar refractivity (Wildman–Crippen MR) is 86.6 cm³/mol. The minimum Gasteiger partial charge on any atom is -0.456 e. The van der Waals surface area contributed by atoms with Gasteiger partial charge < -0.3 is 4.42 Å².